The van der Waals surface area contributed by atoms with E-state index in [9.17, 15) is 4.79 Å². The van der Waals surface area contributed by atoms with E-state index in [0.29, 0.717) is 30.6 Å². The second-order valence-corrected chi connectivity index (χ2v) is 3.61. The van der Waals surface area contributed by atoms with Gasteiger partial charge in [-0.15, -0.1) is 11.6 Å². The number of aromatic amines is 1. The standard InChI is InChI=1S/C9H12ClN5O2/c1-17-3-2-11-8-13-9-12-6(5-10)4-7(16)15(9)14-8/h4H,2-3,5H2,1H3,(H2,11,12,13,14). The number of halogens is 1. The van der Waals surface area contributed by atoms with Gasteiger partial charge in [-0.2, -0.15) is 9.50 Å². The second kappa shape index (κ2) is 5.15. The van der Waals surface area contributed by atoms with E-state index in [1.165, 1.54) is 10.6 Å². The Kier molecular flexibility index (Phi) is 3.60. The van der Waals surface area contributed by atoms with Gasteiger partial charge < -0.3 is 10.1 Å². The quantitative estimate of drug-likeness (QED) is 0.591. The van der Waals surface area contributed by atoms with E-state index in [1.54, 1.807) is 7.11 Å². The Morgan fingerprint density at radius 3 is 3.12 bits per heavy atom. The first kappa shape index (κ1) is 11.9. The van der Waals surface area contributed by atoms with Crippen LogP contribution in [0.15, 0.2) is 10.9 Å². The van der Waals surface area contributed by atoms with Crippen LogP contribution in [0.3, 0.4) is 0 Å². The average molecular weight is 258 g/mol. The van der Waals surface area contributed by atoms with Gasteiger partial charge in [0, 0.05) is 19.7 Å². The Labute approximate surface area is 102 Å². The number of nitrogens with zero attached hydrogens (tertiary/aromatic N) is 3. The lowest BCUT2D eigenvalue weighted by atomic mass is 10.4. The molecule has 0 atom stereocenters. The highest BCUT2D eigenvalue weighted by atomic mass is 35.5. The fourth-order valence-corrected chi connectivity index (χ4v) is 1.48. The van der Waals surface area contributed by atoms with Gasteiger partial charge in [-0.1, -0.05) is 0 Å². The Hall–Kier alpha value is -1.60. The first-order chi connectivity index (χ1) is 8.24. The van der Waals surface area contributed by atoms with Gasteiger partial charge in [0.15, 0.2) is 0 Å². The minimum atomic E-state index is -0.238. The summed E-state index contributed by atoms with van der Waals surface area (Å²) in [6, 6.07) is 1.37. The number of methoxy groups -OCH3 is 1. The first-order valence-corrected chi connectivity index (χ1v) is 5.55. The topological polar surface area (TPSA) is 84.3 Å². The molecule has 0 amide bonds. The van der Waals surface area contributed by atoms with Crippen molar-refractivity contribution in [2.75, 3.05) is 25.6 Å². The fraction of sp³-hybridized carbons (Fsp3) is 0.444. The molecular formula is C9H12ClN5O2. The van der Waals surface area contributed by atoms with Crippen LogP contribution in [0.4, 0.5) is 5.95 Å². The van der Waals surface area contributed by atoms with E-state index in [2.05, 4.69) is 20.4 Å². The smallest absolute Gasteiger partial charge is 0.274 e. The van der Waals surface area contributed by atoms with Crippen molar-refractivity contribution in [3.63, 3.8) is 0 Å². The lowest BCUT2D eigenvalue weighted by Gasteiger charge is -1.99. The van der Waals surface area contributed by atoms with Gasteiger partial charge in [-0.05, 0) is 0 Å². The Bertz CT molecular complexity index is 564. The third kappa shape index (κ3) is 2.56. The van der Waals surface area contributed by atoms with Crippen molar-refractivity contribution in [3.05, 3.63) is 22.1 Å². The maximum atomic E-state index is 11.6. The highest BCUT2D eigenvalue weighted by Crippen LogP contribution is 2.02. The van der Waals surface area contributed by atoms with E-state index < -0.39 is 0 Å². The number of alkyl halides is 1. The zero-order chi connectivity index (χ0) is 12.3. The maximum Gasteiger partial charge on any atom is 0.274 e. The largest absolute Gasteiger partial charge is 0.383 e. The summed E-state index contributed by atoms with van der Waals surface area (Å²) >= 11 is 5.63. The molecule has 0 saturated heterocycles. The van der Waals surface area contributed by atoms with E-state index in [1.807, 2.05) is 0 Å². The van der Waals surface area contributed by atoms with E-state index in [4.69, 9.17) is 16.3 Å². The summed E-state index contributed by atoms with van der Waals surface area (Å²) in [6.07, 6.45) is 0. The molecule has 2 heterocycles. The molecule has 0 unspecified atom stereocenters. The number of H-pyrrole nitrogens is 1. The molecule has 8 heteroatoms. The molecule has 0 aromatic carbocycles. The molecule has 2 rings (SSSR count). The summed E-state index contributed by atoms with van der Waals surface area (Å²) in [4.78, 5) is 19.9. The summed E-state index contributed by atoms with van der Waals surface area (Å²) in [5.74, 6) is 0.955. The molecule has 2 aromatic rings. The van der Waals surface area contributed by atoms with Crippen LogP contribution in [0.2, 0.25) is 0 Å². The number of hydrogen-bond donors (Lipinski definition) is 2. The minimum Gasteiger partial charge on any atom is -0.383 e. The Balaban J connectivity index is 2.30. The number of nitrogens with one attached hydrogen (secondary N) is 2. The molecule has 2 aromatic heterocycles. The first-order valence-electron chi connectivity index (χ1n) is 5.02. The van der Waals surface area contributed by atoms with Crippen molar-refractivity contribution < 1.29 is 4.74 Å². The molecule has 2 N–H and O–H groups in total. The maximum absolute atomic E-state index is 11.6. The van der Waals surface area contributed by atoms with Crippen molar-refractivity contribution in [2.24, 2.45) is 0 Å². The van der Waals surface area contributed by atoms with Crippen LogP contribution in [0.25, 0.3) is 5.78 Å². The summed E-state index contributed by atoms with van der Waals surface area (Å²) in [5.41, 5.74) is 0.268. The normalized spacial score (nSPS) is 10.9. The molecule has 0 spiro atoms. The summed E-state index contributed by atoms with van der Waals surface area (Å²) in [6.45, 7) is 1.14. The van der Waals surface area contributed by atoms with Crippen LogP contribution in [0, 0.1) is 0 Å². The van der Waals surface area contributed by atoms with Crippen LogP contribution >= 0.6 is 11.6 Å². The molecule has 17 heavy (non-hydrogen) atoms. The predicted molar refractivity (Wildman–Crippen MR) is 63.5 cm³/mol. The van der Waals surface area contributed by atoms with Crippen molar-refractivity contribution in [3.8, 4) is 0 Å². The van der Waals surface area contributed by atoms with Crippen LogP contribution in [0.1, 0.15) is 5.69 Å². The number of rotatable bonds is 5. The molecule has 0 aliphatic rings. The number of aromatic nitrogens is 4. The number of fused-ring (bicyclic) bond motifs is 1. The second-order valence-electron chi connectivity index (χ2n) is 3.35. The molecule has 7 nitrogen and oxygen atoms in total. The highest BCUT2D eigenvalue weighted by Gasteiger charge is 2.06. The lowest BCUT2D eigenvalue weighted by molar-refractivity contribution is 0.210. The van der Waals surface area contributed by atoms with E-state index in [-0.39, 0.29) is 11.4 Å². The highest BCUT2D eigenvalue weighted by molar-refractivity contribution is 6.16. The van der Waals surface area contributed by atoms with Gasteiger partial charge in [-0.3, -0.25) is 9.89 Å². The van der Waals surface area contributed by atoms with Gasteiger partial charge >= 0.3 is 0 Å². The number of hydrogen-bond acceptors (Lipinski definition) is 5. The van der Waals surface area contributed by atoms with Gasteiger partial charge in [-0.25, -0.2) is 4.98 Å². The molecular weight excluding hydrogens is 246 g/mol. The summed E-state index contributed by atoms with van der Waals surface area (Å²) in [7, 11) is 1.61. The SMILES string of the molecule is COCCNc1nc2nc(CCl)cc(=O)n2[nH]1. The zero-order valence-corrected chi connectivity index (χ0v) is 9.99. The van der Waals surface area contributed by atoms with Gasteiger partial charge in [0.2, 0.25) is 5.95 Å². The van der Waals surface area contributed by atoms with Crippen LogP contribution in [0.5, 0.6) is 0 Å². The van der Waals surface area contributed by atoms with Crippen LogP contribution in [-0.4, -0.2) is 39.8 Å². The summed E-state index contributed by atoms with van der Waals surface area (Å²) in [5, 5.41) is 5.77. The Morgan fingerprint density at radius 1 is 1.59 bits per heavy atom. The molecule has 0 saturated carbocycles. The number of ether oxygens (including phenoxy) is 1. The van der Waals surface area contributed by atoms with Crippen molar-refractivity contribution >= 4 is 23.3 Å². The average Bonchev–Trinajstić information content (AvgIpc) is 2.72. The van der Waals surface area contributed by atoms with Crippen LogP contribution in [-0.2, 0) is 10.6 Å². The van der Waals surface area contributed by atoms with Crippen molar-refractivity contribution in [1.82, 2.24) is 19.6 Å². The summed E-state index contributed by atoms with van der Waals surface area (Å²) < 4.78 is 6.15. The predicted octanol–water partition coefficient (Wildman–Crippen LogP) is 0.215. The van der Waals surface area contributed by atoms with E-state index >= 15 is 0 Å². The molecule has 0 bridgehead atoms. The fourth-order valence-electron chi connectivity index (χ4n) is 1.35. The molecule has 0 fully saturated rings. The third-order valence-electron chi connectivity index (χ3n) is 2.12. The molecule has 0 aliphatic heterocycles. The van der Waals surface area contributed by atoms with Crippen LogP contribution < -0.4 is 10.9 Å². The molecule has 0 radical (unpaired) electrons. The lowest BCUT2D eigenvalue weighted by Crippen LogP contribution is -2.15. The Morgan fingerprint density at radius 2 is 2.41 bits per heavy atom. The number of anilines is 1. The van der Waals surface area contributed by atoms with Crippen molar-refractivity contribution in [2.45, 2.75) is 5.88 Å². The minimum absolute atomic E-state index is 0.186. The monoisotopic (exact) mass is 257 g/mol. The molecule has 92 valence electrons. The van der Waals surface area contributed by atoms with Gasteiger partial charge in [0.05, 0.1) is 18.2 Å². The van der Waals surface area contributed by atoms with Gasteiger partial charge in [0.1, 0.15) is 0 Å². The zero-order valence-electron chi connectivity index (χ0n) is 9.23. The van der Waals surface area contributed by atoms with E-state index in [0.717, 1.165) is 0 Å². The van der Waals surface area contributed by atoms with Crippen molar-refractivity contribution in [1.29, 1.82) is 0 Å². The molecule has 0 aliphatic carbocycles. The van der Waals surface area contributed by atoms with Gasteiger partial charge in [0.25, 0.3) is 11.3 Å². The third-order valence-corrected chi connectivity index (χ3v) is 2.39.